The second-order valence-corrected chi connectivity index (χ2v) is 6.91. The Morgan fingerprint density at radius 3 is 3.00 bits per heavy atom. The van der Waals surface area contributed by atoms with Crippen molar-refractivity contribution in [3.05, 3.63) is 34.7 Å². The Balaban J connectivity index is 1.68. The van der Waals surface area contributed by atoms with Crippen LogP contribution in [0.15, 0.2) is 29.6 Å². The highest BCUT2D eigenvalue weighted by atomic mass is 35.5. The number of nitrogens with zero attached hydrogens (tertiary/aromatic N) is 1. The van der Waals surface area contributed by atoms with E-state index in [4.69, 9.17) is 16.3 Å². The van der Waals surface area contributed by atoms with Crippen LogP contribution < -0.4 is 5.32 Å². The van der Waals surface area contributed by atoms with Crippen LogP contribution in [0.25, 0.3) is 11.3 Å². The number of aliphatic hydroxyl groups excluding tert-OH is 1. The molecule has 0 bridgehead atoms. The van der Waals surface area contributed by atoms with Gasteiger partial charge in [-0.05, 0) is 18.9 Å². The van der Waals surface area contributed by atoms with E-state index in [2.05, 4.69) is 10.3 Å². The quantitative estimate of drug-likeness (QED) is 0.844. The van der Waals surface area contributed by atoms with Crippen LogP contribution in [0.4, 0.5) is 5.13 Å². The van der Waals surface area contributed by atoms with Crippen molar-refractivity contribution in [2.45, 2.75) is 12.8 Å². The van der Waals surface area contributed by atoms with Gasteiger partial charge in [-0.3, -0.25) is 0 Å². The molecule has 1 aliphatic heterocycles. The van der Waals surface area contributed by atoms with Crippen LogP contribution >= 0.6 is 22.9 Å². The Kier molecular flexibility index (Phi) is 4.98. The number of aliphatic hydroxyl groups is 1. The van der Waals surface area contributed by atoms with Gasteiger partial charge in [0.05, 0.1) is 12.3 Å². The van der Waals surface area contributed by atoms with Gasteiger partial charge in [-0.1, -0.05) is 29.8 Å². The maximum absolute atomic E-state index is 9.26. The van der Waals surface area contributed by atoms with Gasteiger partial charge in [-0.15, -0.1) is 11.3 Å². The maximum Gasteiger partial charge on any atom is 0.183 e. The van der Waals surface area contributed by atoms with E-state index >= 15 is 0 Å². The molecular weight excluding hydrogens is 320 g/mol. The molecule has 1 fully saturated rings. The molecule has 1 saturated heterocycles. The molecule has 0 amide bonds. The number of hydrogen-bond acceptors (Lipinski definition) is 5. The predicted octanol–water partition coefficient (Wildman–Crippen LogP) is 3.66. The van der Waals surface area contributed by atoms with Crippen molar-refractivity contribution in [1.29, 1.82) is 0 Å². The van der Waals surface area contributed by atoms with Crippen molar-refractivity contribution < 1.29 is 9.84 Å². The molecule has 0 radical (unpaired) electrons. The molecule has 2 heterocycles. The van der Waals surface area contributed by atoms with Gasteiger partial charge in [0.15, 0.2) is 5.13 Å². The molecule has 2 aromatic rings. The molecule has 2 N–H and O–H groups in total. The van der Waals surface area contributed by atoms with Gasteiger partial charge in [-0.25, -0.2) is 4.98 Å². The van der Waals surface area contributed by atoms with Gasteiger partial charge >= 0.3 is 0 Å². The second-order valence-electron chi connectivity index (χ2n) is 5.65. The first-order valence-electron chi connectivity index (χ1n) is 7.35. The summed E-state index contributed by atoms with van der Waals surface area (Å²) in [5, 5.41) is 16.2. The highest BCUT2D eigenvalue weighted by molar-refractivity contribution is 7.14. The molecule has 0 aliphatic carbocycles. The summed E-state index contributed by atoms with van der Waals surface area (Å²) in [5.41, 5.74) is 1.85. The van der Waals surface area contributed by atoms with E-state index in [1.807, 2.05) is 29.6 Å². The molecule has 1 aromatic heterocycles. The number of ether oxygens (including phenoxy) is 1. The minimum absolute atomic E-state index is 0.0188. The first-order chi connectivity index (χ1) is 10.7. The standard InChI is InChI=1S/C16H19ClN2O2S/c17-13-4-2-1-3-12(13)14-9-22-15(19-14)18-10-16(5-7-20)6-8-21-11-16/h1-4,9,20H,5-8,10-11H2,(H,18,19)/t16-/m0/s1. The zero-order valence-corrected chi connectivity index (χ0v) is 13.8. The summed E-state index contributed by atoms with van der Waals surface area (Å²) in [6, 6.07) is 7.71. The van der Waals surface area contributed by atoms with E-state index in [0.717, 1.165) is 42.4 Å². The normalized spacial score (nSPS) is 21.2. The van der Waals surface area contributed by atoms with Crippen LogP contribution in [0.5, 0.6) is 0 Å². The largest absolute Gasteiger partial charge is 0.396 e. The molecule has 0 saturated carbocycles. The zero-order valence-electron chi connectivity index (χ0n) is 12.2. The number of nitrogens with one attached hydrogen (secondary N) is 1. The number of rotatable bonds is 6. The maximum atomic E-state index is 9.26. The summed E-state index contributed by atoms with van der Waals surface area (Å²) in [5.74, 6) is 0. The van der Waals surface area contributed by atoms with Gasteiger partial charge in [0.25, 0.3) is 0 Å². The molecule has 0 spiro atoms. The van der Waals surface area contributed by atoms with Gasteiger partial charge in [0, 0.05) is 41.1 Å². The van der Waals surface area contributed by atoms with E-state index in [1.165, 1.54) is 0 Å². The van der Waals surface area contributed by atoms with Crippen molar-refractivity contribution in [2.24, 2.45) is 5.41 Å². The highest BCUT2D eigenvalue weighted by Crippen LogP contribution is 2.34. The number of thiazole rings is 1. The Bertz CT molecular complexity index is 626. The lowest BCUT2D eigenvalue weighted by molar-refractivity contribution is 0.133. The van der Waals surface area contributed by atoms with E-state index in [-0.39, 0.29) is 12.0 Å². The Labute approximate surface area is 139 Å². The van der Waals surface area contributed by atoms with Crippen molar-refractivity contribution in [3.8, 4) is 11.3 Å². The van der Waals surface area contributed by atoms with Crippen LogP contribution in [-0.2, 0) is 4.74 Å². The van der Waals surface area contributed by atoms with Crippen molar-refractivity contribution >= 4 is 28.1 Å². The average Bonchev–Trinajstić information content (AvgIpc) is 3.16. The van der Waals surface area contributed by atoms with E-state index < -0.39 is 0 Å². The zero-order chi connectivity index (χ0) is 15.4. The first kappa shape index (κ1) is 15.7. The van der Waals surface area contributed by atoms with Crippen LogP contribution in [0.3, 0.4) is 0 Å². The number of benzene rings is 1. The number of anilines is 1. The van der Waals surface area contributed by atoms with E-state index in [9.17, 15) is 5.11 Å². The Hall–Kier alpha value is -1.14. The molecule has 22 heavy (non-hydrogen) atoms. The minimum atomic E-state index is 0.0188. The third-order valence-electron chi connectivity index (χ3n) is 4.10. The minimum Gasteiger partial charge on any atom is -0.396 e. The molecule has 1 aromatic carbocycles. The Morgan fingerprint density at radius 1 is 1.41 bits per heavy atom. The molecule has 118 valence electrons. The smallest absolute Gasteiger partial charge is 0.183 e. The summed E-state index contributed by atoms with van der Waals surface area (Å²) in [6.07, 6.45) is 1.73. The van der Waals surface area contributed by atoms with Gasteiger partial charge in [0.1, 0.15) is 0 Å². The first-order valence-corrected chi connectivity index (χ1v) is 8.61. The van der Waals surface area contributed by atoms with Crippen LogP contribution in [0.2, 0.25) is 5.02 Å². The lowest BCUT2D eigenvalue weighted by Gasteiger charge is -2.26. The molecule has 1 atom stereocenters. The fourth-order valence-electron chi connectivity index (χ4n) is 2.72. The van der Waals surface area contributed by atoms with Crippen molar-refractivity contribution in [3.63, 3.8) is 0 Å². The van der Waals surface area contributed by atoms with Gasteiger partial charge in [-0.2, -0.15) is 0 Å². The predicted molar refractivity (Wildman–Crippen MR) is 90.6 cm³/mol. The molecule has 3 rings (SSSR count). The molecule has 0 unspecified atom stereocenters. The summed E-state index contributed by atoms with van der Waals surface area (Å²) >= 11 is 7.78. The van der Waals surface area contributed by atoms with Crippen molar-refractivity contribution in [1.82, 2.24) is 4.98 Å². The average molecular weight is 339 g/mol. The SMILES string of the molecule is OCC[C@@]1(CNc2nc(-c3ccccc3Cl)cs2)CCOC1. The number of hydrogen-bond donors (Lipinski definition) is 2. The lowest BCUT2D eigenvalue weighted by atomic mass is 9.84. The summed E-state index contributed by atoms with van der Waals surface area (Å²) in [7, 11) is 0. The van der Waals surface area contributed by atoms with Crippen LogP contribution in [0.1, 0.15) is 12.8 Å². The molecule has 4 nitrogen and oxygen atoms in total. The monoisotopic (exact) mass is 338 g/mol. The summed E-state index contributed by atoms with van der Waals surface area (Å²) < 4.78 is 5.51. The molecule has 6 heteroatoms. The number of aromatic nitrogens is 1. The highest BCUT2D eigenvalue weighted by Gasteiger charge is 2.34. The van der Waals surface area contributed by atoms with Gasteiger partial charge < -0.3 is 15.2 Å². The molecule has 1 aliphatic rings. The van der Waals surface area contributed by atoms with E-state index in [0.29, 0.717) is 11.6 Å². The third kappa shape index (κ3) is 3.43. The second kappa shape index (κ2) is 6.96. The fraction of sp³-hybridized carbons (Fsp3) is 0.438. The van der Waals surface area contributed by atoms with Crippen LogP contribution in [0, 0.1) is 5.41 Å². The summed E-state index contributed by atoms with van der Waals surface area (Å²) in [6.45, 7) is 2.42. The topological polar surface area (TPSA) is 54.4 Å². The third-order valence-corrected chi connectivity index (χ3v) is 5.23. The van der Waals surface area contributed by atoms with Gasteiger partial charge in [0.2, 0.25) is 0 Å². The molecular formula is C16H19ClN2O2S. The number of halogens is 1. The van der Waals surface area contributed by atoms with E-state index in [1.54, 1.807) is 11.3 Å². The van der Waals surface area contributed by atoms with Crippen LogP contribution in [-0.4, -0.2) is 36.5 Å². The Morgan fingerprint density at radius 2 is 2.27 bits per heavy atom. The summed E-state index contributed by atoms with van der Waals surface area (Å²) in [4.78, 5) is 4.61. The lowest BCUT2D eigenvalue weighted by Crippen LogP contribution is -2.31. The van der Waals surface area contributed by atoms with Crippen molar-refractivity contribution in [2.75, 3.05) is 31.7 Å². The fourth-order valence-corrected chi connectivity index (χ4v) is 3.66.